The fourth-order valence-electron chi connectivity index (χ4n) is 1.88. The van der Waals surface area contributed by atoms with Crippen molar-refractivity contribution in [1.29, 1.82) is 0 Å². The summed E-state index contributed by atoms with van der Waals surface area (Å²) in [4.78, 5) is 2.29. The van der Waals surface area contributed by atoms with Crippen LogP contribution in [0.1, 0.15) is 32.6 Å². The molecular weight excluding hydrogens is 138 g/mol. The predicted octanol–water partition coefficient (Wildman–Crippen LogP) is 1.24. The molecule has 1 heterocycles. The number of rotatable bonds is 2. The maximum atomic E-state index is 9.32. The van der Waals surface area contributed by atoms with Gasteiger partial charge in [-0.25, -0.2) is 0 Å². The molecule has 2 nitrogen and oxygen atoms in total. The van der Waals surface area contributed by atoms with Gasteiger partial charge in [0.1, 0.15) is 0 Å². The number of likely N-dealkylation sites (N-methyl/N-ethyl adjacent to an activating group) is 1. The molecule has 1 aliphatic heterocycles. The third-order valence-corrected chi connectivity index (χ3v) is 2.58. The van der Waals surface area contributed by atoms with E-state index < -0.39 is 0 Å². The zero-order valence-corrected chi connectivity index (χ0v) is 7.58. The van der Waals surface area contributed by atoms with Crippen LogP contribution in [0.15, 0.2) is 0 Å². The lowest BCUT2D eigenvalue weighted by Gasteiger charge is -2.35. The molecule has 2 heteroatoms. The minimum absolute atomic E-state index is 0.0758. The summed E-state index contributed by atoms with van der Waals surface area (Å²) in [7, 11) is 2.11. The standard InChI is InChI=1S/C9H19NO/c1-3-4-8-5-6-9(11)7-10(8)2/h8-9,11H,3-7H2,1-2H3. The molecule has 2 unspecified atom stereocenters. The first kappa shape index (κ1) is 9.01. The monoisotopic (exact) mass is 157 g/mol. The first-order valence-corrected chi connectivity index (χ1v) is 4.62. The van der Waals surface area contributed by atoms with Crippen molar-refractivity contribution < 1.29 is 5.11 Å². The van der Waals surface area contributed by atoms with Gasteiger partial charge in [0.05, 0.1) is 6.10 Å². The molecule has 0 bridgehead atoms. The number of likely N-dealkylation sites (tertiary alicyclic amines) is 1. The van der Waals surface area contributed by atoms with Gasteiger partial charge in [-0.3, -0.25) is 0 Å². The molecular formula is C9H19NO. The van der Waals surface area contributed by atoms with Crippen molar-refractivity contribution in [1.82, 2.24) is 4.90 Å². The zero-order valence-electron chi connectivity index (χ0n) is 7.58. The molecule has 1 aliphatic rings. The molecule has 1 N–H and O–H groups in total. The molecule has 1 rings (SSSR count). The summed E-state index contributed by atoms with van der Waals surface area (Å²) in [5.74, 6) is 0. The predicted molar refractivity (Wildman–Crippen MR) is 46.6 cm³/mol. The molecule has 1 saturated heterocycles. The second kappa shape index (κ2) is 4.07. The first-order chi connectivity index (χ1) is 5.24. The number of aliphatic hydroxyl groups is 1. The van der Waals surface area contributed by atoms with Crippen molar-refractivity contribution in [2.45, 2.75) is 44.8 Å². The van der Waals surface area contributed by atoms with Crippen LogP contribution in [0.25, 0.3) is 0 Å². The lowest BCUT2D eigenvalue weighted by Crippen LogP contribution is -2.42. The van der Waals surface area contributed by atoms with E-state index in [0.29, 0.717) is 0 Å². The number of hydrogen-bond donors (Lipinski definition) is 1. The van der Waals surface area contributed by atoms with Gasteiger partial charge in [0.2, 0.25) is 0 Å². The Kier molecular flexibility index (Phi) is 3.34. The van der Waals surface area contributed by atoms with Crippen LogP contribution in [0, 0.1) is 0 Å². The lowest BCUT2D eigenvalue weighted by atomic mass is 9.97. The maximum absolute atomic E-state index is 9.32. The molecule has 0 spiro atoms. The van der Waals surface area contributed by atoms with Crippen LogP contribution in [0.3, 0.4) is 0 Å². The molecule has 0 aromatic carbocycles. The van der Waals surface area contributed by atoms with E-state index in [2.05, 4.69) is 18.9 Å². The van der Waals surface area contributed by atoms with Gasteiger partial charge in [0.15, 0.2) is 0 Å². The lowest BCUT2D eigenvalue weighted by molar-refractivity contribution is 0.0481. The summed E-state index contributed by atoms with van der Waals surface area (Å²) in [6.07, 6.45) is 4.63. The molecule has 0 aromatic rings. The van der Waals surface area contributed by atoms with E-state index in [1.54, 1.807) is 0 Å². The molecule has 0 saturated carbocycles. The SMILES string of the molecule is CCCC1CCC(O)CN1C. The van der Waals surface area contributed by atoms with E-state index in [1.807, 2.05) is 0 Å². The number of nitrogens with zero attached hydrogens (tertiary/aromatic N) is 1. The third kappa shape index (κ3) is 2.46. The van der Waals surface area contributed by atoms with Crippen molar-refractivity contribution in [3.63, 3.8) is 0 Å². The molecule has 66 valence electrons. The Hall–Kier alpha value is -0.0800. The van der Waals surface area contributed by atoms with Crippen LogP contribution < -0.4 is 0 Å². The quantitative estimate of drug-likeness (QED) is 0.652. The Labute approximate surface area is 69.2 Å². The summed E-state index contributed by atoms with van der Waals surface area (Å²) < 4.78 is 0. The zero-order chi connectivity index (χ0) is 8.27. The Morgan fingerprint density at radius 2 is 2.18 bits per heavy atom. The average Bonchev–Trinajstić information content (AvgIpc) is 1.95. The van der Waals surface area contributed by atoms with Crippen molar-refractivity contribution in [2.75, 3.05) is 13.6 Å². The van der Waals surface area contributed by atoms with Crippen LogP contribution >= 0.6 is 0 Å². The summed E-state index contributed by atoms with van der Waals surface area (Å²) in [6, 6.07) is 0.725. The van der Waals surface area contributed by atoms with Gasteiger partial charge in [0, 0.05) is 12.6 Å². The Bertz CT molecular complexity index is 116. The van der Waals surface area contributed by atoms with E-state index in [1.165, 1.54) is 19.3 Å². The largest absolute Gasteiger partial charge is 0.392 e. The summed E-state index contributed by atoms with van der Waals surface area (Å²) in [5, 5.41) is 9.32. The fourth-order valence-corrected chi connectivity index (χ4v) is 1.88. The van der Waals surface area contributed by atoms with Crippen molar-refractivity contribution in [2.24, 2.45) is 0 Å². The number of β-amino-alcohol motifs (C(OH)–C–C–N with tert-alkyl or cyclic N) is 1. The van der Waals surface area contributed by atoms with Crippen LogP contribution in [-0.4, -0.2) is 35.7 Å². The second-order valence-corrected chi connectivity index (χ2v) is 3.61. The maximum Gasteiger partial charge on any atom is 0.0667 e. The average molecular weight is 157 g/mol. The molecule has 1 fully saturated rings. The summed E-state index contributed by atoms with van der Waals surface area (Å²) in [5.41, 5.74) is 0. The van der Waals surface area contributed by atoms with Crippen LogP contribution in [0.2, 0.25) is 0 Å². The van der Waals surface area contributed by atoms with E-state index in [-0.39, 0.29) is 6.10 Å². The van der Waals surface area contributed by atoms with Crippen LogP contribution in [0.4, 0.5) is 0 Å². The first-order valence-electron chi connectivity index (χ1n) is 4.62. The number of aliphatic hydroxyl groups excluding tert-OH is 1. The molecule has 11 heavy (non-hydrogen) atoms. The van der Waals surface area contributed by atoms with Gasteiger partial charge in [-0.05, 0) is 26.3 Å². The van der Waals surface area contributed by atoms with Gasteiger partial charge in [0.25, 0.3) is 0 Å². The highest BCUT2D eigenvalue weighted by molar-refractivity contribution is 4.78. The summed E-state index contributed by atoms with van der Waals surface area (Å²) in [6.45, 7) is 3.09. The van der Waals surface area contributed by atoms with Crippen LogP contribution in [-0.2, 0) is 0 Å². The van der Waals surface area contributed by atoms with E-state index >= 15 is 0 Å². The van der Waals surface area contributed by atoms with E-state index in [4.69, 9.17) is 0 Å². The summed E-state index contributed by atoms with van der Waals surface area (Å²) >= 11 is 0. The molecule has 0 aromatic heterocycles. The smallest absolute Gasteiger partial charge is 0.0667 e. The van der Waals surface area contributed by atoms with E-state index in [0.717, 1.165) is 19.0 Å². The molecule has 2 atom stereocenters. The fraction of sp³-hybridized carbons (Fsp3) is 1.00. The third-order valence-electron chi connectivity index (χ3n) is 2.58. The van der Waals surface area contributed by atoms with Gasteiger partial charge in [-0.1, -0.05) is 13.3 Å². The molecule has 0 aliphatic carbocycles. The van der Waals surface area contributed by atoms with Gasteiger partial charge < -0.3 is 10.0 Å². The Morgan fingerprint density at radius 3 is 2.73 bits per heavy atom. The molecule has 0 radical (unpaired) electrons. The normalized spacial score (nSPS) is 34.1. The molecule has 0 amide bonds. The number of piperidine rings is 1. The minimum atomic E-state index is -0.0758. The van der Waals surface area contributed by atoms with Crippen molar-refractivity contribution >= 4 is 0 Å². The number of hydrogen-bond acceptors (Lipinski definition) is 2. The highest BCUT2D eigenvalue weighted by Crippen LogP contribution is 2.18. The van der Waals surface area contributed by atoms with Crippen molar-refractivity contribution in [3.05, 3.63) is 0 Å². The highest BCUT2D eigenvalue weighted by atomic mass is 16.3. The van der Waals surface area contributed by atoms with Crippen LogP contribution in [0.5, 0.6) is 0 Å². The Balaban J connectivity index is 2.31. The van der Waals surface area contributed by atoms with E-state index in [9.17, 15) is 5.11 Å². The van der Waals surface area contributed by atoms with Crippen molar-refractivity contribution in [3.8, 4) is 0 Å². The van der Waals surface area contributed by atoms with Gasteiger partial charge in [-0.2, -0.15) is 0 Å². The topological polar surface area (TPSA) is 23.5 Å². The Morgan fingerprint density at radius 1 is 1.45 bits per heavy atom. The minimum Gasteiger partial charge on any atom is -0.392 e. The van der Waals surface area contributed by atoms with Gasteiger partial charge >= 0.3 is 0 Å². The second-order valence-electron chi connectivity index (χ2n) is 3.61. The van der Waals surface area contributed by atoms with Gasteiger partial charge in [-0.15, -0.1) is 0 Å². The highest BCUT2D eigenvalue weighted by Gasteiger charge is 2.22.